The fraction of sp³-hybridized carbons (Fsp3) is 0.360. The number of benzene rings is 2. The molecular formula is C25H27N5O3. The average molecular weight is 446 g/mol. The number of amides is 1. The van der Waals surface area contributed by atoms with Gasteiger partial charge in [0.1, 0.15) is 13.2 Å². The van der Waals surface area contributed by atoms with Gasteiger partial charge in [-0.2, -0.15) is 4.98 Å². The quantitative estimate of drug-likeness (QED) is 0.594. The lowest BCUT2D eigenvalue weighted by Gasteiger charge is -2.22. The van der Waals surface area contributed by atoms with Gasteiger partial charge in [-0.1, -0.05) is 59.2 Å². The van der Waals surface area contributed by atoms with Gasteiger partial charge >= 0.3 is 0 Å². The molecule has 1 aromatic heterocycles. The van der Waals surface area contributed by atoms with Crippen LogP contribution in [0.1, 0.15) is 59.8 Å². The predicted octanol–water partition coefficient (Wildman–Crippen LogP) is 4.14. The standard InChI is InChI=1S/C25H27N5O3/c1-32-28-20-15-22(24-27-23(29-33-24)21-9-5-6-14-26-21)30(16-20)25(31)19-12-10-18(11-13-19)17-7-3-2-4-8-17/h2-4,7-8,10-13,21-22,26H,5-6,9,14-16H2,1H3/b28-20+/t21?,22-/m0/s1. The predicted molar refractivity (Wildman–Crippen MR) is 124 cm³/mol. The molecule has 3 heterocycles. The number of rotatable bonds is 5. The van der Waals surface area contributed by atoms with E-state index in [0.29, 0.717) is 30.2 Å². The van der Waals surface area contributed by atoms with Crippen molar-refractivity contribution in [2.45, 2.75) is 37.8 Å². The van der Waals surface area contributed by atoms with Gasteiger partial charge in [-0.15, -0.1) is 0 Å². The van der Waals surface area contributed by atoms with Crippen molar-refractivity contribution in [2.24, 2.45) is 5.16 Å². The van der Waals surface area contributed by atoms with E-state index in [-0.39, 0.29) is 18.0 Å². The van der Waals surface area contributed by atoms with Gasteiger partial charge in [-0.05, 0) is 42.6 Å². The molecule has 2 aromatic carbocycles. The average Bonchev–Trinajstić information content (AvgIpc) is 3.53. The van der Waals surface area contributed by atoms with Gasteiger partial charge in [0.25, 0.3) is 5.91 Å². The second kappa shape index (κ2) is 9.54. The van der Waals surface area contributed by atoms with Crippen LogP contribution in [0.2, 0.25) is 0 Å². The Balaban J connectivity index is 1.38. The van der Waals surface area contributed by atoms with Gasteiger partial charge in [-0.3, -0.25) is 4.79 Å². The SMILES string of the molecule is CO/N=C1\C[C@@H](c2nc(C3CCCCN3)no2)N(C(=O)c2ccc(-c3ccccc3)cc2)C1. The second-order valence-electron chi connectivity index (χ2n) is 8.43. The van der Waals surface area contributed by atoms with Crippen molar-refractivity contribution in [1.82, 2.24) is 20.4 Å². The lowest BCUT2D eigenvalue weighted by atomic mass is 10.0. The van der Waals surface area contributed by atoms with Crippen molar-refractivity contribution >= 4 is 11.6 Å². The molecule has 0 saturated carbocycles. The van der Waals surface area contributed by atoms with Crippen LogP contribution >= 0.6 is 0 Å². The number of oxime groups is 1. The Kier molecular flexibility index (Phi) is 6.17. The molecule has 8 nitrogen and oxygen atoms in total. The topological polar surface area (TPSA) is 92.8 Å². The number of hydrogen-bond donors (Lipinski definition) is 1. The number of aromatic nitrogens is 2. The number of likely N-dealkylation sites (tertiary alicyclic amines) is 1. The summed E-state index contributed by atoms with van der Waals surface area (Å²) in [5.74, 6) is 0.992. The Hall–Kier alpha value is -3.52. The molecule has 2 fully saturated rings. The number of nitrogens with zero attached hydrogens (tertiary/aromatic N) is 4. The van der Waals surface area contributed by atoms with E-state index < -0.39 is 0 Å². The van der Waals surface area contributed by atoms with Crippen LogP contribution in [0.3, 0.4) is 0 Å². The number of hydrogen-bond acceptors (Lipinski definition) is 7. The highest BCUT2D eigenvalue weighted by molar-refractivity contribution is 6.00. The molecule has 5 rings (SSSR count). The highest BCUT2D eigenvalue weighted by Crippen LogP contribution is 2.33. The molecule has 2 aliphatic heterocycles. The summed E-state index contributed by atoms with van der Waals surface area (Å²) >= 11 is 0. The first-order valence-electron chi connectivity index (χ1n) is 11.3. The Bertz CT molecular complexity index is 1120. The summed E-state index contributed by atoms with van der Waals surface area (Å²) in [6.07, 6.45) is 3.78. The first-order valence-corrected chi connectivity index (χ1v) is 11.3. The number of piperidine rings is 1. The van der Waals surface area contributed by atoms with Crippen molar-refractivity contribution in [3.63, 3.8) is 0 Å². The van der Waals surface area contributed by atoms with E-state index in [1.54, 1.807) is 4.90 Å². The van der Waals surface area contributed by atoms with Crippen LogP contribution in [0, 0.1) is 0 Å². The van der Waals surface area contributed by atoms with Crippen LogP contribution in [0.25, 0.3) is 11.1 Å². The maximum Gasteiger partial charge on any atom is 0.254 e. The van der Waals surface area contributed by atoms with Gasteiger partial charge < -0.3 is 19.6 Å². The summed E-state index contributed by atoms with van der Waals surface area (Å²) in [6, 6.07) is 17.5. The van der Waals surface area contributed by atoms with Crippen LogP contribution in [-0.4, -0.2) is 46.9 Å². The normalized spacial score (nSPS) is 22.0. The fourth-order valence-electron chi connectivity index (χ4n) is 4.53. The molecule has 1 amide bonds. The highest BCUT2D eigenvalue weighted by atomic mass is 16.6. The van der Waals surface area contributed by atoms with Gasteiger partial charge in [-0.25, -0.2) is 0 Å². The van der Waals surface area contributed by atoms with Crippen molar-refractivity contribution in [3.05, 3.63) is 71.9 Å². The van der Waals surface area contributed by atoms with E-state index in [9.17, 15) is 4.79 Å². The Morgan fingerprint density at radius 3 is 2.64 bits per heavy atom. The van der Waals surface area contributed by atoms with Crippen LogP contribution in [0.5, 0.6) is 0 Å². The summed E-state index contributed by atoms with van der Waals surface area (Å²) < 4.78 is 5.63. The van der Waals surface area contributed by atoms with E-state index in [1.807, 2.05) is 42.5 Å². The molecule has 170 valence electrons. The van der Waals surface area contributed by atoms with Gasteiger partial charge in [0, 0.05) is 12.0 Å². The molecule has 3 aromatic rings. The smallest absolute Gasteiger partial charge is 0.254 e. The van der Waals surface area contributed by atoms with Crippen LogP contribution in [0.4, 0.5) is 0 Å². The van der Waals surface area contributed by atoms with Gasteiger partial charge in [0.05, 0.1) is 18.3 Å². The summed E-state index contributed by atoms with van der Waals surface area (Å²) in [7, 11) is 1.51. The van der Waals surface area contributed by atoms with Crippen LogP contribution < -0.4 is 5.32 Å². The molecule has 0 radical (unpaired) electrons. The van der Waals surface area contributed by atoms with Crippen LogP contribution in [0.15, 0.2) is 64.3 Å². The molecule has 0 aliphatic carbocycles. The zero-order valence-electron chi connectivity index (χ0n) is 18.6. The lowest BCUT2D eigenvalue weighted by Crippen LogP contribution is -2.31. The number of nitrogens with one attached hydrogen (secondary N) is 1. The van der Waals surface area contributed by atoms with Crippen molar-refractivity contribution in [2.75, 3.05) is 20.2 Å². The monoisotopic (exact) mass is 445 g/mol. The second-order valence-corrected chi connectivity index (χ2v) is 8.43. The van der Waals surface area contributed by atoms with E-state index in [2.05, 4.69) is 32.7 Å². The highest BCUT2D eigenvalue weighted by Gasteiger charge is 2.39. The molecular weight excluding hydrogens is 418 g/mol. The molecule has 8 heteroatoms. The summed E-state index contributed by atoms with van der Waals surface area (Å²) in [5, 5.41) is 11.7. The summed E-state index contributed by atoms with van der Waals surface area (Å²) in [6.45, 7) is 1.31. The molecule has 1 N–H and O–H groups in total. The third-order valence-corrected chi connectivity index (χ3v) is 6.24. The van der Waals surface area contributed by atoms with E-state index in [1.165, 1.54) is 7.11 Å². The lowest BCUT2D eigenvalue weighted by molar-refractivity contribution is 0.0713. The molecule has 2 atom stereocenters. The Labute approximate surface area is 192 Å². The fourth-order valence-corrected chi connectivity index (χ4v) is 4.53. The minimum Gasteiger partial charge on any atom is -0.399 e. The maximum atomic E-state index is 13.5. The Morgan fingerprint density at radius 1 is 1.12 bits per heavy atom. The van der Waals surface area contributed by atoms with E-state index in [0.717, 1.165) is 42.6 Å². The molecule has 2 aliphatic rings. The summed E-state index contributed by atoms with van der Waals surface area (Å²) in [4.78, 5) is 24.8. The zero-order chi connectivity index (χ0) is 22.6. The zero-order valence-corrected chi connectivity index (χ0v) is 18.6. The van der Waals surface area contributed by atoms with Gasteiger partial charge in [0.15, 0.2) is 5.82 Å². The molecule has 33 heavy (non-hydrogen) atoms. The summed E-state index contributed by atoms with van der Waals surface area (Å²) in [5.41, 5.74) is 3.55. The van der Waals surface area contributed by atoms with Crippen LogP contribution in [-0.2, 0) is 4.84 Å². The molecule has 0 spiro atoms. The van der Waals surface area contributed by atoms with Crippen molar-refractivity contribution < 1.29 is 14.2 Å². The first kappa shape index (κ1) is 21.3. The van der Waals surface area contributed by atoms with Crippen molar-refractivity contribution in [3.8, 4) is 11.1 Å². The minimum absolute atomic E-state index is 0.0967. The minimum atomic E-state index is -0.370. The maximum absolute atomic E-state index is 13.5. The van der Waals surface area contributed by atoms with E-state index >= 15 is 0 Å². The van der Waals surface area contributed by atoms with Crippen molar-refractivity contribution in [1.29, 1.82) is 0 Å². The molecule has 1 unspecified atom stereocenters. The molecule has 2 saturated heterocycles. The first-order chi connectivity index (χ1) is 16.2. The third-order valence-electron chi connectivity index (χ3n) is 6.24. The van der Waals surface area contributed by atoms with E-state index in [4.69, 9.17) is 9.36 Å². The Morgan fingerprint density at radius 2 is 1.91 bits per heavy atom. The third kappa shape index (κ3) is 4.52. The number of carbonyl (C=O) groups is 1. The molecule has 0 bridgehead atoms. The van der Waals surface area contributed by atoms with Gasteiger partial charge in [0.2, 0.25) is 5.89 Å². The largest absolute Gasteiger partial charge is 0.399 e. The number of carbonyl (C=O) groups excluding carboxylic acids is 1.